The first kappa shape index (κ1) is 24.7. The van der Waals surface area contributed by atoms with Gasteiger partial charge in [-0.15, -0.1) is 0 Å². The molecule has 0 aromatic carbocycles. The fourth-order valence-electron chi connectivity index (χ4n) is 0.732. The van der Waals surface area contributed by atoms with Crippen molar-refractivity contribution < 1.29 is 5.11 Å². The number of halogens is 12. The van der Waals surface area contributed by atoms with Gasteiger partial charge in [0.05, 0.1) is 3.74 Å². The Labute approximate surface area is 212 Å². The number of alkyl halides is 12. The standard InChI is InChI=1S/C6H2Br12O/c7-1(8)2(9,10)3(11,12)4(13,14)5(15,16)6(17,18)19/h1,19H. The SMILES string of the molecule is OC(Br)(Br)C(Br)(Br)C(Br)(Br)C(Br)(Br)C(Br)(Br)C(Br)Br. The predicted molar refractivity (Wildman–Crippen MR) is 127 cm³/mol. The van der Waals surface area contributed by atoms with Crippen LogP contribution < -0.4 is 0 Å². The number of hydrogen-bond acceptors (Lipinski definition) is 1. The van der Waals surface area contributed by atoms with E-state index in [4.69, 9.17) is 0 Å². The summed E-state index contributed by atoms with van der Waals surface area (Å²) in [6.07, 6.45) is 0. The second-order valence-corrected chi connectivity index (χ2v) is 23.5. The summed E-state index contributed by atoms with van der Waals surface area (Å²) in [5.41, 5.74) is 0. The first-order valence-corrected chi connectivity index (χ1v) is 13.6. The molecule has 116 valence electrons. The van der Waals surface area contributed by atoms with Gasteiger partial charge in [0, 0.05) is 0 Å². The van der Waals surface area contributed by atoms with Crippen LogP contribution >= 0.6 is 191 Å². The number of hydrogen-bond donors (Lipinski definition) is 1. The maximum Gasteiger partial charge on any atom is 0.202 e. The molecule has 0 unspecified atom stereocenters. The second-order valence-electron chi connectivity index (χ2n) is 3.19. The molecule has 19 heavy (non-hydrogen) atoms. The molecule has 0 spiro atoms. The summed E-state index contributed by atoms with van der Waals surface area (Å²) in [5.74, 6) is 0. The lowest BCUT2D eigenvalue weighted by Gasteiger charge is -2.51. The van der Waals surface area contributed by atoms with Crippen LogP contribution in [0.1, 0.15) is 0 Å². The summed E-state index contributed by atoms with van der Waals surface area (Å²) in [6, 6.07) is 0. The normalized spacial score (nSPS) is 16.1. The maximum atomic E-state index is 10.2. The van der Waals surface area contributed by atoms with Gasteiger partial charge in [-0.05, 0) is 31.9 Å². The molecule has 0 aromatic rings. The average molecular weight is 1050 g/mol. The van der Waals surface area contributed by atoms with Crippen molar-refractivity contribution in [2.75, 3.05) is 0 Å². The molecular formula is C6H2Br12O. The molecule has 0 rings (SSSR count). The van der Waals surface area contributed by atoms with E-state index in [1.807, 2.05) is 0 Å². The van der Waals surface area contributed by atoms with E-state index < -0.39 is 16.4 Å². The highest BCUT2D eigenvalue weighted by molar-refractivity contribution is 9.36. The molecule has 0 aliphatic carbocycles. The molecule has 0 aliphatic heterocycles. The van der Waals surface area contributed by atoms with E-state index in [1.165, 1.54) is 0 Å². The van der Waals surface area contributed by atoms with Crippen molar-refractivity contribution in [3.8, 4) is 0 Å². The summed E-state index contributed by atoms with van der Waals surface area (Å²) in [4.78, 5) is 0. The second kappa shape index (κ2) is 8.17. The predicted octanol–water partition coefficient (Wildman–Crippen LogP) is 8.48. The van der Waals surface area contributed by atoms with Crippen LogP contribution in [0.4, 0.5) is 0 Å². The first-order valence-electron chi connectivity index (χ1n) is 3.84. The Kier molecular flexibility index (Phi) is 10.6. The van der Waals surface area contributed by atoms with Crippen LogP contribution in [-0.4, -0.2) is 25.2 Å². The van der Waals surface area contributed by atoms with Crippen molar-refractivity contribution in [1.29, 1.82) is 0 Å². The Morgan fingerprint density at radius 2 is 0.895 bits per heavy atom. The van der Waals surface area contributed by atoms with Crippen LogP contribution in [-0.2, 0) is 0 Å². The average Bonchev–Trinajstić information content (AvgIpc) is 2.14. The summed E-state index contributed by atoms with van der Waals surface area (Å²) >= 11 is 41.6. The molecule has 0 radical (unpaired) electrons. The van der Waals surface area contributed by atoms with Crippen molar-refractivity contribution in [2.24, 2.45) is 0 Å². The molecule has 0 atom stereocenters. The Balaban J connectivity index is 5.92. The smallest absolute Gasteiger partial charge is 0.202 e. The summed E-state index contributed by atoms with van der Waals surface area (Å²) in [7, 11) is 0. The summed E-state index contributed by atoms with van der Waals surface area (Å²) < 4.78 is -5.27. The molecular weight excluding hydrogens is 1050 g/mol. The number of rotatable bonds is 5. The third kappa shape index (κ3) is 4.91. The maximum absolute atomic E-state index is 10.2. The van der Waals surface area contributed by atoms with Crippen molar-refractivity contribution >= 4 is 191 Å². The van der Waals surface area contributed by atoms with E-state index in [0.717, 1.165) is 0 Å². The summed E-state index contributed by atoms with van der Waals surface area (Å²) in [6.45, 7) is 0. The highest BCUT2D eigenvalue weighted by Gasteiger charge is 2.70. The van der Waals surface area contributed by atoms with E-state index in [0.29, 0.717) is 0 Å². The van der Waals surface area contributed by atoms with Crippen LogP contribution in [0.25, 0.3) is 0 Å². The molecule has 0 saturated carbocycles. The van der Waals surface area contributed by atoms with E-state index in [9.17, 15) is 5.11 Å². The third-order valence-electron chi connectivity index (χ3n) is 1.86. The lowest BCUT2D eigenvalue weighted by Crippen LogP contribution is -2.62. The third-order valence-corrected chi connectivity index (χ3v) is 24.7. The Morgan fingerprint density at radius 3 is 1.11 bits per heavy atom. The van der Waals surface area contributed by atoms with E-state index in [1.54, 1.807) is 0 Å². The van der Waals surface area contributed by atoms with Gasteiger partial charge in [-0.2, -0.15) is 0 Å². The molecule has 1 N–H and O–H groups in total. The molecule has 0 heterocycles. The van der Waals surface area contributed by atoms with Gasteiger partial charge in [0.2, 0.25) is 3.42 Å². The topological polar surface area (TPSA) is 20.2 Å². The fourth-order valence-corrected chi connectivity index (χ4v) is 9.88. The highest BCUT2D eigenvalue weighted by Crippen LogP contribution is 2.71. The Morgan fingerprint density at radius 1 is 0.579 bits per heavy atom. The van der Waals surface area contributed by atoms with Gasteiger partial charge in [0.1, 0.15) is 9.70 Å². The van der Waals surface area contributed by atoms with Gasteiger partial charge in [-0.3, -0.25) is 0 Å². The van der Waals surface area contributed by atoms with Gasteiger partial charge in [0.15, 0.2) is 3.23 Å². The zero-order chi connectivity index (χ0) is 16.1. The lowest BCUT2D eigenvalue weighted by molar-refractivity contribution is 0.229. The van der Waals surface area contributed by atoms with Crippen LogP contribution in [0.2, 0.25) is 0 Å². The minimum absolute atomic E-state index is 0.171. The Hall–Kier alpha value is 5.72. The molecule has 0 fully saturated rings. The Bertz CT molecular complexity index is 328. The van der Waals surface area contributed by atoms with Gasteiger partial charge in [0.25, 0.3) is 0 Å². The quantitative estimate of drug-likeness (QED) is 0.275. The molecule has 13 heteroatoms. The molecule has 0 aliphatic rings. The van der Waals surface area contributed by atoms with Crippen LogP contribution in [0.15, 0.2) is 0 Å². The van der Waals surface area contributed by atoms with Crippen LogP contribution in [0.3, 0.4) is 0 Å². The van der Waals surface area contributed by atoms with Gasteiger partial charge >= 0.3 is 0 Å². The zero-order valence-electron chi connectivity index (χ0n) is 8.06. The minimum atomic E-state index is -1.48. The minimum Gasteiger partial charge on any atom is -0.368 e. The van der Waals surface area contributed by atoms with Gasteiger partial charge in [-0.1, -0.05) is 159 Å². The van der Waals surface area contributed by atoms with Gasteiger partial charge < -0.3 is 5.11 Å². The van der Waals surface area contributed by atoms with Crippen molar-refractivity contribution in [3.05, 3.63) is 0 Å². The van der Waals surface area contributed by atoms with Crippen LogP contribution in [0, 0.1) is 0 Å². The molecule has 1 nitrogen and oxygen atoms in total. The molecule has 0 bridgehead atoms. The largest absolute Gasteiger partial charge is 0.368 e. The van der Waals surface area contributed by atoms with Crippen LogP contribution in [0.5, 0.6) is 0 Å². The van der Waals surface area contributed by atoms with E-state index in [2.05, 4.69) is 191 Å². The van der Waals surface area contributed by atoms with Crippen molar-refractivity contribution in [3.63, 3.8) is 0 Å². The van der Waals surface area contributed by atoms with Crippen molar-refractivity contribution in [1.82, 2.24) is 0 Å². The fraction of sp³-hybridized carbons (Fsp3) is 1.00. The van der Waals surface area contributed by atoms with Gasteiger partial charge in [-0.25, -0.2) is 0 Å². The highest BCUT2D eigenvalue weighted by atomic mass is 79.9. The molecule has 0 saturated heterocycles. The van der Waals surface area contributed by atoms with E-state index in [-0.39, 0.29) is 3.74 Å². The molecule has 0 amide bonds. The van der Waals surface area contributed by atoms with E-state index >= 15 is 0 Å². The zero-order valence-corrected chi connectivity index (χ0v) is 27.1. The lowest BCUT2D eigenvalue weighted by atomic mass is 10.2. The van der Waals surface area contributed by atoms with Crippen molar-refractivity contribution in [2.45, 2.75) is 20.1 Å². The first-order chi connectivity index (χ1) is 7.94. The summed E-state index contributed by atoms with van der Waals surface area (Å²) in [5, 5.41) is 10.2. The molecule has 0 aromatic heterocycles. The monoisotopic (exact) mass is 1040 g/mol. The number of aliphatic hydroxyl groups is 1.